The van der Waals surface area contributed by atoms with Crippen molar-refractivity contribution in [1.29, 1.82) is 0 Å². The van der Waals surface area contributed by atoms with Crippen molar-refractivity contribution in [3.05, 3.63) is 0 Å². The molecule has 1 nitrogen and oxygen atoms in total. The van der Waals surface area contributed by atoms with Crippen molar-refractivity contribution in [1.82, 2.24) is 4.90 Å². The van der Waals surface area contributed by atoms with Gasteiger partial charge in [-0.15, -0.1) is 0 Å². The SMILES string of the molecule is CN(C)C.C[SiH](C)C. The zero-order valence-electron chi connectivity index (χ0n) is 7.02. The van der Waals surface area contributed by atoms with Crippen LogP contribution in [-0.2, 0) is 0 Å². The summed E-state index contributed by atoms with van der Waals surface area (Å²) in [7, 11) is 5.86. The molecule has 0 aromatic heterocycles. The van der Waals surface area contributed by atoms with Crippen molar-refractivity contribution in [2.75, 3.05) is 21.1 Å². The smallest absolute Gasteiger partial charge is 0.0274 e. The molecule has 0 aromatic rings. The molecule has 0 aliphatic rings. The Morgan fingerprint density at radius 2 is 0.875 bits per heavy atom. The highest BCUT2D eigenvalue weighted by molar-refractivity contribution is 6.54. The van der Waals surface area contributed by atoms with Crippen molar-refractivity contribution < 1.29 is 0 Å². The van der Waals surface area contributed by atoms with Gasteiger partial charge in [0.05, 0.1) is 0 Å². The summed E-state index contributed by atoms with van der Waals surface area (Å²) in [5, 5.41) is 0. The van der Waals surface area contributed by atoms with E-state index in [0.29, 0.717) is 0 Å². The fourth-order valence-electron chi connectivity index (χ4n) is 0. The quantitative estimate of drug-likeness (QED) is 0.450. The summed E-state index contributed by atoms with van der Waals surface area (Å²) in [5.41, 5.74) is 0. The molecule has 0 bridgehead atoms. The summed E-state index contributed by atoms with van der Waals surface area (Å²) in [4.78, 5) is 2.00. The van der Waals surface area contributed by atoms with E-state index in [1.54, 1.807) is 0 Å². The van der Waals surface area contributed by atoms with E-state index in [0.717, 1.165) is 0 Å². The van der Waals surface area contributed by atoms with Crippen LogP contribution in [0.2, 0.25) is 19.6 Å². The Morgan fingerprint density at radius 3 is 0.875 bits per heavy atom. The summed E-state index contributed by atoms with van der Waals surface area (Å²) in [6.45, 7) is 6.92. The van der Waals surface area contributed by atoms with Crippen LogP contribution in [0.4, 0.5) is 0 Å². The number of hydrogen-bond donors (Lipinski definition) is 0. The van der Waals surface area contributed by atoms with Crippen molar-refractivity contribution in [3.8, 4) is 0 Å². The van der Waals surface area contributed by atoms with Crippen molar-refractivity contribution in [2.45, 2.75) is 19.6 Å². The minimum atomic E-state index is -0.139. The van der Waals surface area contributed by atoms with Gasteiger partial charge in [0.25, 0.3) is 0 Å². The van der Waals surface area contributed by atoms with E-state index in [9.17, 15) is 0 Å². The van der Waals surface area contributed by atoms with Crippen LogP contribution in [0.5, 0.6) is 0 Å². The first kappa shape index (κ1) is 11.0. The molecule has 0 aromatic carbocycles. The van der Waals surface area contributed by atoms with Gasteiger partial charge in [-0.3, -0.25) is 0 Å². The van der Waals surface area contributed by atoms with Gasteiger partial charge in [0, 0.05) is 8.80 Å². The van der Waals surface area contributed by atoms with E-state index in [2.05, 4.69) is 19.6 Å². The van der Waals surface area contributed by atoms with E-state index >= 15 is 0 Å². The minimum Gasteiger partial charge on any atom is -0.312 e. The maximum atomic E-state index is 2.31. The Hall–Kier alpha value is 0.177. The number of nitrogens with zero attached hydrogens (tertiary/aromatic N) is 1. The van der Waals surface area contributed by atoms with E-state index in [4.69, 9.17) is 0 Å². The molecule has 0 heterocycles. The van der Waals surface area contributed by atoms with Crippen LogP contribution in [0.1, 0.15) is 0 Å². The molecule has 0 fully saturated rings. The van der Waals surface area contributed by atoms with Crippen molar-refractivity contribution >= 4 is 8.80 Å². The molecule has 0 N–H and O–H groups in total. The first-order chi connectivity index (χ1) is 3.46. The monoisotopic (exact) mass is 133 g/mol. The molecule has 0 saturated heterocycles. The lowest BCUT2D eigenvalue weighted by molar-refractivity contribution is 0.505. The average Bonchev–Trinajstić information content (AvgIpc) is 1.25. The highest BCUT2D eigenvalue weighted by Gasteiger charge is 1.71. The maximum Gasteiger partial charge on any atom is 0.0274 e. The van der Waals surface area contributed by atoms with E-state index in [-0.39, 0.29) is 8.80 Å². The van der Waals surface area contributed by atoms with Gasteiger partial charge < -0.3 is 4.90 Å². The molecule has 0 atom stereocenters. The van der Waals surface area contributed by atoms with Crippen LogP contribution in [0, 0.1) is 0 Å². The second-order valence-corrected chi connectivity index (χ2v) is 6.54. The summed E-state index contributed by atoms with van der Waals surface area (Å²) >= 11 is 0. The molecule has 0 aliphatic carbocycles. The summed E-state index contributed by atoms with van der Waals surface area (Å²) < 4.78 is 0. The number of hydrogen-bond acceptors (Lipinski definition) is 1. The normalized spacial score (nSPS) is 9.00. The maximum absolute atomic E-state index is 2.31. The standard InChI is InChI=1S/C3H9N.C3H10Si/c2*1-4(2)3/h1-3H3;4H,1-3H3. The molecule has 52 valence electrons. The molecular weight excluding hydrogens is 114 g/mol. The first-order valence-corrected chi connectivity index (χ1v) is 6.54. The molecule has 0 aliphatic heterocycles. The van der Waals surface area contributed by atoms with Crippen LogP contribution in [-0.4, -0.2) is 34.8 Å². The van der Waals surface area contributed by atoms with Gasteiger partial charge in [-0.2, -0.15) is 0 Å². The molecular formula is C6H19NSi. The first-order valence-electron chi connectivity index (χ1n) is 3.07. The predicted molar refractivity (Wildman–Crippen MR) is 44.4 cm³/mol. The lowest BCUT2D eigenvalue weighted by atomic mass is 11.0. The number of rotatable bonds is 0. The van der Waals surface area contributed by atoms with E-state index in [1.807, 2.05) is 26.0 Å². The Bertz CT molecular complexity index is 24.0. The van der Waals surface area contributed by atoms with Crippen LogP contribution in [0.25, 0.3) is 0 Å². The van der Waals surface area contributed by atoms with Crippen LogP contribution < -0.4 is 0 Å². The largest absolute Gasteiger partial charge is 0.312 e. The van der Waals surface area contributed by atoms with Gasteiger partial charge in [0.15, 0.2) is 0 Å². The summed E-state index contributed by atoms with van der Waals surface area (Å²) in [6, 6.07) is 0. The highest BCUT2D eigenvalue weighted by Crippen LogP contribution is 1.68. The Balaban J connectivity index is 0. The topological polar surface area (TPSA) is 3.24 Å². The lowest BCUT2D eigenvalue weighted by Crippen LogP contribution is -1.99. The van der Waals surface area contributed by atoms with E-state index in [1.165, 1.54) is 0 Å². The van der Waals surface area contributed by atoms with Crippen LogP contribution in [0.15, 0.2) is 0 Å². The third-order valence-corrected chi connectivity index (χ3v) is 0. The Labute approximate surface area is 55.3 Å². The zero-order chi connectivity index (χ0) is 7.15. The highest BCUT2D eigenvalue weighted by atomic mass is 28.3. The summed E-state index contributed by atoms with van der Waals surface area (Å²) in [6.07, 6.45) is 0. The molecule has 0 saturated carbocycles. The van der Waals surface area contributed by atoms with E-state index < -0.39 is 0 Å². The molecule has 0 spiro atoms. The minimum absolute atomic E-state index is 0.139. The third kappa shape index (κ3) is 5290. The van der Waals surface area contributed by atoms with Crippen molar-refractivity contribution in [2.24, 2.45) is 0 Å². The second-order valence-electron chi connectivity index (χ2n) is 3.07. The fraction of sp³-hybridized carbons (Fsp3) is 1.00. The summed E-state index contributed by atoms with van der Waals surface area (Å²) in [5.74, 6) is 0. The zero-order valence-corrected chi connectivity index (χ0v) is 8.18. The van der Waals surface area contributed by atoms with Crippen LogP contribution >= 0.6 is 0 Å². The average molecular weight is 133 g/mol. The molecule has 2 heteroatoms. The van der Waals surface area contributed by atoms with Crippen molar-refractivity contribution in [3.63, 3.8) is 0 Å². The molecule has 8 heavy (non-hydrogen) atoms. The van der Waals surface area contributed by atoms with Gasteiger partial charge in [-0.1, -0.05) is 19.6 Å². The Kier molecular flexibility index (Phi) is 9.90. The van der Waals surface area contributed by atoms with Gasteiger partial charge in [0.2, 0.25) is 0 Å². The fourth-order valence-corrected chi connectivity index (χ4v) is 0. The van der Waals surface area contributed by atoms with Gasteiger partial charge in [-0.05, 0) is 21.1 Å². The third-order valence-electron chi connectivity index (χ3n) is 0. The van der Waals surface area contributed by atoms with Crippen LogP contribution in [0.3, 0.4) is 0 Å². The van der Waals surface area contributed by atoms with Gasteiger partial charge in [0.1, 0.15) is 0 Å². The predicted octanol–water partition coefficient (Wildman–Crippen LogP) is 1.28. The second kappa shape index (κ2) is 7.18. The lowest BCUT2D eigenvalue weighted by Gasteiger charge is -1.90. The van der Waals surface area contributed by atoms with Gasteiger partial charge >= 0.3 is 0 Å². The molecule has 0 unspecified atom stereocenters. The molecule has 0 amide bonds. The Morgan fingerprint density at radius 1 is 0.875 bits per heavy atom. The molecule has 0 radical (unpaired) electrons. The van der Waals surface area contributed by atoms with Gasteiger partial charge in [-0.25, -0.2) is 0 Å². The molecule has 0 rings (SSSR count).